The molecule has 0 radical (unpaired) electrons. The van der Waals surface area contributed by atoms with Crippen molar-refractivity contribution in [1.82, 2.24) is 9.78 Å². The van der Waals surface area contributed by atoms with Crippen molar-refractivity contribution in [2.75, 3.05) is 12.4 Å². The number of methoxy groups -OCH3 is 1. The minimum Gasteiger partial charge on any atom is -0.541 e. The molecule has 33 heavy (non-hydrogen) atoms. The van der Waals surface area contributed by atoms with Gasteiger partial charge in [0.1, 0.15) is 5.75 Å². The molecule has 176 valence electrons. The predicted molar refractivity (Wildman–Crippen MR) is 137 cm³/mol. The zero-order valence-electron chi connectivity index (χ0n) is 20.3. The molecule has 1 aromatic heterocycles. The molecule has 0 aliphatic rings. The number of anilines is 1. The Labute approximate surface area is 202 Å². The van der Waals surface area contributed by atoms with Crippen LogP contribution in [0.4, 0.5) is 5.82 Å². The lowest BCUT2D eigenvalue weighted by molar-refractivity contribution is -0.115. The van der Waals surface area contributed by atoms with E-state index >= 15 is 0 Å². The second-order valence-corrected chi connectivity index (χ2v) is 14.8. The van der Waals surface area contributed by atoms with Crippen LogP contribution in [-0.4, -0.2) is 31.1 Å². The number of hydrogen-bond acceptors (Lipinski definition) is 4. The van der Waals surface area contributed by atoms with Gasteiger partial charge in [0.05, 0.1) is 13.5 Å². The summed E-state index contributed by atoms with van der Waals surface area (Å²) in [5.74, 6) is 1.73. The highest BCUT2D eigenvalue weighted by Crippen LogP contribution is 2.41. The van der Waals surface area contributed by atoms with Crippen LogP contribution >= 0.6 is 11.6 Å². The number of nitrogens with one attached hydrogen (secondary N) is 1. The third-order valence-corrected chi connectivity index (χ3v) is 10.6. The van der Waals surface area contributed by atoms with E-state index in [2.05, 4.69) is 44.3 Å². The van der Waals surface area contributed by atoms with Crippen molar-refractivity contribution in [3.8, 4) is 22.6 Å². The third kappa shape index (κ3) is 5.97. The lowest BCUT2D eigenvalue weighted by Crippen LogP contribution is -2.43. The van der Waals surface area contributed by atoms with Gasteiger partial charge in [0.15, 0.2) is 11.6 Å². The van der Waals surface area contributed by atoms with Crippen LogP contribution in [-0.2, 0) is 18.3 Å². The second-order valence-electron chi connectivity index (χ2n) is 9.64. The van der Waals surface area contributed by atoms with Crippen molar-refractivity contribution >= 4 is 31.6 Å². The molecule has 1 N–H and O–H groups in total. The van der Waals surface area contributed by atoms with Gasteiger partial charge in [-0.3, -0.25) is 9.48 Å². The Bertz CT molecular complexity index is 1130. The first-order valence-electron chi connectivity index (χ1n) is 10.8. The summed E-state index contributed by atoms with van der Waals surface area (Å²) in [6, 6.07) is 13.1. The molecule has 1 heterocycles. The Hall–Kier alpha value is -2.77. The summed E-state index contributed by atoms with van der Waals surface area (Å²) < 4.78 is 13.8. The first kappa shape index (κ1) is 24.9. The van der Waals surface area contributed by atoms with Crippen LogP contribution in [0, 0.1) is 0 Å². The average Bonchev–Trinajstić information content (AvgIpc) is 3.08. The van der Waals surface area contributed by atoms with Gasteiger partial charge in [-0.2, -0.15) is 5.10 Å². The van der Waals surface area contributed by atoms with Crippen LogP contribution < -0.4 is 14.5 Å². The first-order chi connectivity index (χ1) is 15.4. The highest BCUT2D eigenvalue weighted by Gasteiger charge is 2.39. The van der Waals surface area contributed by atoms with Crippen LogP contribution in [0.5, 0.6) is 11.5 Å². The zero-order chi connectivity index (χ0) is 24.4. The normalized spacial score (nSPS) is 11.9. The lowest BCUT2D eigenvalue weighted by atomic mass is 10.1. The molecule has 1 amide bonds. The molecule has 2 aromatic carbocycles. The molecule has 3 rings (SSSR count). The molecule has 0 aliphatic heterocycles. The summed E-state index contributed by atoms with van der Waals surface area (Å²) in [6.07, 6.45) is 2.11. The van der Waals surface area contributed by atoms with Gasteiger partial charge in [0.2, 0.25) is 5.91 Å². The molecule has 3 aromatic rings. The number of nitrogens with zero attached hydrogens (tertiary/aromatic N) is 2. The standard InChI is InChI=1S/C25H32ClN3O3Si/c1-25(2,3)33(6,7)32-21-13-10-18(15-22(21)31-5)20-16-29(4)28-24(20)27-23(30)14-17-8-11-19(26)12-9-17/h8-13,15-16H,14H2,1-7H3,(H,27,28,30). The largest absolute Gasteiger partial charge is 0.541 e. The van der Waals surface area contributed by atoms with Crippen LogP contribution in [0.25, 0.3) is 11.1 Å². The molecular weight excluding hydrogens is 454 g/mol. The van der Waals surface area contributed by atoms with E-state index in [9.17, 15) is 4.79 Å². The number of amides is 1. The van der Waals surface area contributed by atoms with E-state index in [1.807, 2.05) is 43.6 Å². The number of benzene rings is 2. The van der Waals surface area contributed by atoms with E-state index in [4.69, 9.17) is 20.8 Å². The van der Waals surface area contributed by atoms with Crippen molar-refractivity contribution in [3.63, 3.8) is 0 Å². The summed E-state index contributed by atoms with van der Waals surface area (Å²) in [5.41, 5.74) is 2.56. The average molecular weight is 486 g/mol. The minimum atomic E-state index is -2.02. The number of aromatic nitrogens is 2. The third-order valence-electron chi connectivity index (χ3n) is 6.01. The summed E-state index contributed by atoms with van der Waals surface area (Å²) >= 11 is 5.93. The zero-order valence-corrected chi connectivity index (χ0v) is 22.1. The van der Waals surface area contributed by atoms with E-state index < -0.39 is 8.32 Å². The maximum absolute atomic E-state index is 12.7. The number of hydrogen-bond donors (Lipinski definition) is 1. The first-order valence-corrected chi connectivity index (χ1v) is 14.1. The van der Waals surface area contributed by atoms with Gasteiger partial charge in [-0.05, 0) is 53.5 Å². The van der Waals surface area contributed by atoms with E-state index in [1.165, 1.54) is 0 Å². The highest BCUT2D eigenvalue weighted by atomic mass is 35.5. The molecule has 0 aliphatic carbocycles. The summed E-state index contributed by atoms with van der Waals surface area (Å²) in [4.78, 5) is 12.7. The highest BCUT2D eigenvalue weighted by molar-refractivity contribution is 6.74. The number of halogens is 1. The Morgan fingerprint density at radius 2 is 1.79 bits per heavy atom. The van der Waals surface area contributed by atoms with Crippen molar-refractivity contribution < 1.29 is 14.0 Å². The van der Waals surface area contributed by atoms with E-state index in [0.29, 0.717) is 16.6 Å². The monoisotopic (exact) mass is 485 g/mol. The fourth-order valence-corrected chi connectivity index (χ4v) is 4.25. The molecule has 0 bridgehead atoms. The van der Waals surface area contributed by atoms with Crippen molar-refractivity contribution in [2.24, 2.45) is 7.05 Å². The van der Waals surface area contributed by atoms with Crippen LogP contribution in [0.15, 0.2) is 48.7 Å². The van der Waals surface area contributed by atoms with Gasteiger partial charge in [-0.15, -0.1) is 0 Å². The Morgan fingerprint density at radius 1 is 1.12 bits per heavy atom. The molecule has 6 nitrogen and oxygen atoms in total. The number of aryl methyl sites for hydroxylation is 1. The SMILES string of the molecule is COc1cc(-c2cn(C)nc2NC(=O)Cc2ccc(Cl)cc2)ccc1O[Si](C)(C)C(C)(C)C. The predicted octanol–water partition coefficient (Wildman–Crippen LogP) is 6.31. The van der Waals surface area contributed by atoms with Crippen LogP contribution in [0.1, 0.15) is 26.3 Å². The summed E-state index contributed by atoms with van der Waals surface area (Å²) in [5, 5.41) is 8.10. The fourth-order valence-electron chi connectivity index (χ4n) is 3.10. The molecule has 0 fully saturated rings. The van der Waals surface area contributed by atoms with Gasteiger partial charge in [0, 0.05) is 23.8 Å². The Morgan fingerprint density at radius 3 is 2.39 bits per heavy atom. The van der Waals surface area contributed by atoms with Crippen molar-refractivity contribution in [1.29, 1.82) is 0 Å². The molecule has 0 spiro atoms. The van der Waals surface area contributed by atoms with E-state index in [-0.39, 0.29) is 17.4 Å². The van der Waals surface area contributed by atoms with Crippen LogP contribution in [0.2, 0.25) is 23.2 Å². The van der Waals surface area contributed by atoms with Gasteiger partial charge in [-0.1, -0.05) is 50.6 Å². The quantitative estimate of drug-likeness (QED) is 0.398. The molecular formula is C25H32ClN3O3Si. The van der Waals surface area contributed by atoms with E-state index in [0.717, 1.165) is 22.4 Å². The number of ether oxygens (including phenoxy) is 1. The fraction of sp³-hybridized carbons (Fsp3) is 0.360. The molecule has 0 saturated heterocycles. The van der Waals surface area contributed by atoms with E-state index in [1.54, 1.807) is 23.9 Å². The minimum absolute atomic E-state index is 0.0710. The Balaban J connectivity index is 1.85. The van der Waals surface area contributed by atoms with Gasteiger partial charge >= 0.3 is 0 Å². The van der Waals surface area contributed by atoms with Crippen LogP contribution in [0.3, 0.4) is 0 Å². The molecule has 0 unspecified atom stereocenters. The lowest BCUT2D eigenvalue weighted by Gasteiger charge is -2.36. The van der Waals surface area contributed by atoms with Gasteiger partial charge in [0.25, 0.3) is 8.32 Å². The van der Waals surface area contributed by atoms with Crippen molar-refractivity contribution in [3.05, 3.63) is 59.2 Å². The second kappa shape index (κ2) is 9.61. The molecule has 8 heteroatoms. The van der Waals surface area contributed by atoms with Crippen molar-refractivity contribution in [2.45, 2.75) is 45.3 Å². The maximum Gasteiger partial charge on any atom is 0.250 e. The summed E-state index contributed by atoms with van der Waals surface area (Å²) in [7, 11) is 1.44. The molecule has 0 atom stereocenters. The maximum atomic E-state index is 12.7. The Kier molecular flexibility index (Phi) is 7.24. The number of carbonyl (C=O) groups is 1. The number of rotatable bonds is 7. The van der Waals surface area contributed by atoms with Gasteiger partial charge < -0.3 is 14.5 Å². The molecule has 0 saturated carbocycles. The number of carbonyl (C=O) groups excluding carboxylic acids is 1. The van der Waals surface area contributed by atoms with Gasteiger partial charge in [-0.25, -0.2) is 0 Å². The smallest absolute Gasteiger partial charge is 0.250 e. The topological polar surface area (TPSA) is 65.4 Å². The summed E-state index contributed by atoms with van der Waals surface area (Å²) in [6.45, 7) is 11.0.